The first kappa shape index (κ1) is 16.2. The van der Waals surface area contributed by atoms with Crippen molar-refractivity contribution >= 4 is 39.1 Å². The third-order valence-corrected chi connectivity index (χ3v) is 5.70. The number of benzene rings is 1. The lowest BCUT2D eigenvalue weighted by Gasteiger charge is -2.34. The van der Waals surface area contributed by atoms with Crippen molar-refractivity contribution in [2.45, 2.75) is 0 Å². The summed E-state index contributed by atoms with van der Waals surface area (Å²) < 4.78 is 2.70. The minimum Gasteiger partial charge on any atom is -0.336 e. The fourth-order valence-electron chi connectivity index (χ4n) is 2.81. The largest absolute Gasteiger partial charge is 0.336 e. The average Bonchev–Trinajstić information content (AvgIpc) is 3.31. The van der Waals surface area contributed by atoms with Crippen molar-refractivity contribution in [1.29, 1.82) is 0 Å². The number of tetrazole rings is 1. The Balaban J connectivity index is 1.46. The van der Waals surface area contributed by atoms with Gasteiger partial charge < -0.3 is 9.80 Å². The number of carbonyl (C=O) groups excluding carboxylic acids is 1. The number of hydrogen-bond donors (Lipinski definition) is 0. The Hall–Kier alpha value is -2.26. The summed E-state index contributed by atoms with van der Waals surface area (Å²) in [4.78, 5) is 17.3. The predicted octanol–water partition coefficient (Wildman–Crippen LogP) is 2.45. The maximum absolute atomic E-state index is 12.5. The maximum Gasteiger partial charge on any atom is 0.264 e. The maximum atomic E-state index is 12.5. The second kappa shape index (κ2) is 6.93. The molecule has 3 aromatic rings. The fraction of sp³-hybridized carbons (Fsp3) is 0.250. The van der Waals surface area contributed by atoms with Crippen molar-refractivity contribution in [3.63, 3.8) is 0 Å². The van der Waals surface area contributed by atoms with E-state index in [0.29, 0.717) is 32.1 Å². The topological polar surface area (TPSA) is 67.2 Å². The smallest absolute Gasteiger partial charge is 0.264 e. The molecule has 0 N–H and O–H groups in total. The number of halogens is 1. The lowest BCUT2D eigenvalue weighted by atomic mass is 10.3. The summed E-state index contributed by atoms with van der Waals surface area (Å²) in [6, 6.07) is 13.6. The number of amides is 1. The molecule has 1 aliphatic heterocycles. The molecule has 25 heavy (non-hydrogen) atoms. The van der Waals surface area contributed by atoms with Crippen LogP contribution in [0.15, 0.2) is 46.3 Å². The van der Waals surface area contributed by atoms with Crippen molar-refractivity contribution < 1.29 is 4.79 Å². The van der Waals surface area contributed by atoms with E-state index in [1.807, 2.05) is 47.4 Å². The molecule has 4 rings (SSSR count). The number of rotatable bonds is 3. The first-order valence-corrected chi connectivity index (χ1v) is 9.47. The molecule has 0 atom stereocenters. The molecule has 3 heterocycles. The quantitative estimate of drug-likeness (QED) is 0.653. The number of nitrogens with zero attached hydrogens (tertiary/aromatic N) is 6. The standard InChI is InChI=1S/C16H15BrN6OS/c17-14-7-6-13(25-14)15(24)21-8-10-22(11-9-21)16-18-19-20-23(16)12-4-2-1-3-5-12/h1-7H,8-11H2. The van der Waals surface area contributed by atoms with Crippen LogP contribution < -0.4 is 4.90 Å². The normalized spacial score (nSPS) is 14.8. The zero-order valence-electron chi connectivity index (χ0n) is 13.2. The molecular formula is C16H15BrN6OS. The second-order valence-electron chi connectivity index (χ2n) is 5.61. The van der Waals surface area contributed by atoms with Crippen LogP contribution in [-0.2, 0) is 0 Å². The van der Waals surface area contributed by atoms with Gasteiger partial charge in [-0.15, -0.1) is 11.3 Å². The monoisotopic (exact) mass is 418 g/mol. The van der Waals surface area contributed by atoms with E-state index in [-0.39, 0.29) is 5.91 Å². The molecule has 1 amide bonds. The molecule has 1 saturated heterocycles. The molecule has 2 aromatic heterocycles. The molecule has 0 bridgehead atoms. The molecule has 0 saturated carbocycles. The highest BCUT2D eigenvalue weighted by molar-refractivity contribution is 9.11. The van der Waals surface area contributed by atoms with Gasteiger partial charge in [0.25, 0.3) is 5.91 Å². The van der Waals surface area contributed by atoms with Crippen molar-refractivity contribution in [3.05, 3.63) is 51.1 Å². The lowest BCUT2D eigenvalue weighted by molar-refractivity contribution is 0.0751. The Labute approximate surface area is 157 Å². The second-order valence-corrected chi connectivity index (χ2v) is 8.07. The minimum atomic E-state index is 0.0815. The van der Waals surface area contributed by atoms with Gasteiger partial charge in [-0.25, -0.2) is 0 Å². The van der Waals surface area contributed by atoms with Crippen molar-refractivity contribution in [1.82, 2.24) is 25.1 Å². The number of aromatic nitrogens is 4. The van der Waals surface area contributed by atoms with Crippen LogP contribution in [0.4, 0.5) is 5.95 Å². The van der Waals surface area contributed by atoms with Gasteiger partial charge in [-0.05, 0) is 50.6 Å². The first-order chi connectivity index (χ1) is 12.2. The van der Waals surface area contributed by atoms with Gasteiger partial charge >= 0.3 is 0 Å². The van der Waals surface area contributed by atoms with E-state index >= 15 is 0 Å². The molecule has 0 radical (unpaired) electrons. The minimum absolute atomic E-state index is 0.0815. The summed E-state index contributed by atoms with van der Waals surface area (Å²) in [5.41, 5.74) is 0.921. The van der Waals surface area contributed by atoms with Gasteiger partial charge in [-0.2, -0.15) is 4.68 Å². The van der Waals surface area contributed by atoms with Gasteiger partial charge in [0.2, 0.25) is 5.95 Å². The van der Waals surface area contributed by atoms with Gasteiger partial charge in [0, 0.05) is 26.2 Å². The molecule has 1 fully saturated rings. The van der Waals surface area contributed by atoms with E-state index in [0.717, 1.165) is 14.4 Å². The third-order valence-electron chi connectivity index (χ3n) is 4.09. The van der Waals surface area contributed by atoms with Crippen LogP contribution >= 0.6 is 27.3 Å². The number of carbonyl (C=O) groups is 1. The summed E-state index contributed by atoms with van der Waals surface area (Å²) in [6.07, 6.45) is 0. The summed E-state index contributed by atoms with van der Waals surface area (Å²) >= 11 is 4.87. The fourth-order valence-corrected chi connectivity index (χ4v) is 4.16. The molecule has 1 aromatic carbocycles. The van der Waals surface area contributed by atoms with Gasteiger partial charge in [-0.1, -0.05) is 23.3 Å². The van der Waals surface area contributed by atoms with Gasteiger partial charge in [0.05, 0.1) is 14.4 Å². The zero-order chi connectivity index (χ0) is 17.2. The predicted molar refractivity (Wildman–Crippen MR) is 99.3 cm³/mol. The Kier molecular flexibility index (Phi) is 4.50. The number of anilines is 1. The van der Waals surface area contributed by atoms with Crippen LogP contribution in [0.25, 0.3) is 5.69 Å². The number of hydrogen-bond acceptors (Lipinski definition) is 6. The van der Waals surface area contributed by atoms with E-state index in [1.54, 1.807) is 4.68 Å². The van der Waals surface area contributed by atoms with Crippen molar-refractivity contribution in [3.8, 4) is 5.69 Å². The van der Waals surface area contributed by atoms with Crippen LogP contribution in [0.5, 0.6) is 0 Å². The average molecular weight is 419 g/mol. The molecule has 0 aliphatic carbocycles. The van der Waals surface area contributed by atoms with Crippen molar-refractivity contribution in [2.24, 2.45) is 0 Å². The lowest BCUT2D eigenvalue weighted by Crippen LogP contribution is -2.49. The van der Waals surface area contributed by atoms with E-state index in [2.05, 4.69) is 36.4 Å². The first-order valence-electron chi connectivity index (χ1n) is 7.86. The summed E-state index contributed by atoms with van der Waals surface area (Å²) in [6.45, 7) is 2.70. The summed E-state index contributed by atoms with van der Waals surface area (Å²) in [5.74, 6) is 0.787. The molecule has 128 valence electrons. The Morgan fingerprint density at radius 3 is 2.48 bits per heavy atom. The SMILES string of the molecule is O=C(c1ccc(Br)s1)N1CCN(c2nnnn2-c2ccccc2)CC1. The summed E-state index contributed by atoms with van der Waals surface area (Å²) in [7, 11) is 0. The molecule has 0 spiro atoms. The highest BCUT2D eigenvalue weighted by atomic mass is 79.9. The Morgan fingerprint density at radius 1 is 1.04 bits per heavy atom. The van der Waals surface area contributed by atoms with Crippen LogP contribution in [0.1, 0.15) is 9.67 Å². The van der Waals surface area contributed by atoms with Gasteiger partial charge in [-0.3, -0.25) is 4.79 Å². The van der Waals surface area contributed by atoms with Gasteiger partial charge in [0.15, 0.2) is 0 Å². The summed E-state index contributed by atoms with van der Waals surface area (Å²) in [5, 5.41) is 12.1. The van der Waals surface area contributed by atoms with Crippen LogP contribution in [0, 0.1) is 0 Å². The number of para-hydroxylation sites is 1. The number of thiophene rings is 1. The van der Waals surface area contributed by atoms with Crippen molar-refractivity contribution in [2.75, 3.05) is 31.1 Å². The van der Waals surface area contributed by atoms with Gasteiger partial charge in [0.1, 0.15) is 0 Å². The van der Waals surface area contributed by atoms with Crippen LogP contribution in [0.3, 0.4) is 0 Å². The van der Waals surface area contributed by atoms with E-state index in [9.17, 15) is 4.79 Å². The van der Waals surface area contributed by atoms with Crippen LogP contribution in [0.2, 0.25) is 0 Å². The van der Waals surface area contributed by atoms with E-state index < -0.39 is 0 Å². The zero-order valence-corrected chi connectivity index (χ0v) is 15.7. The van der Waals surface area contributed by atoms with Crippen LogP contribution in [-0.4, -0.2) is 57.2 Å². The highest BCUT2D eigenvalue weighted by Crippen LogP contribution is 2.24. The number of piperazine rings is 1. The molecule has 0 unspecified atom stereocenters. The molecular weight excluding hydrogens is 404 g/mol. The van der Waals surface area contributed by atoms with E-state index in [4.69, 9.17) is 0 Å². The third kappa shape index (κ3) is 3.29. The van der Waals surface area contributed by atoms with E-state index in [1.165, 1.54) is 11.3 Å². The molecule has 7 nitrogen and oxygen atoms in total. The highest BCUT2D eigenvalue weighted by Gasteiger charge is 2.26. The Bertz CT molecular complexity index is 872. The molecule has 1 aliphatic rings. The Morgan fingerprint density at radius 2 is 1.80 bits per heavy atom. The molecule has 9 heteroatoms.